The summed E-state index contributed by atoms with van der Waals surface area (Å²) < 4.78 is 1.81. The number of imidazole rings is 1. The second-order valence-electron chi connectivity index (χ2n) is 4.82. The summed E-state index contributed by atoms with van der Waals surface area (Å²) in [5.74, 6) is 0. The maximum atomic E-state index is 11.1. The third kappa shape index (κ3) is 2.56. The van der Waals surface area contributed by atoms with Crippen LogP contribution in [0.3, 0.4) is 0 Å². The summed E-state index contributed by atoms with van der Waals surface area (Å²) in [5, 5.41) is 10.2. The SMILES string of the molecule is CC(O)(C=O)C(N1CCCCC1)n1ccnc1. The van der Waals surface area contributed by atoms with E-state index in [-0.39, 0.29) is 6.17 Å². The second kappa shape index (κ2) is 4.98. The van der Waals surface area contributed by atoms with E-state index in [9.17, 15) is 9.90 Å². The van der Waals surface area contributed by atoms with Gasteiger partial charge in [0, 0.05) is 25.5 Å². The van der Waals surface area contributed by atoms with E-state index in [0.29, 0.717) is 6.29 Å². The number of hydrogen-bond donors (Lipinski definition) is 1. The van der Waals surface area contributed by atoms with Crippen LogP contribution in [0.2, 0.25) is 0 Å². The molecule has 0 amide bonds. The van der Waals surface area contributed by atoms with Crippen molar-refractivity contribution in [3.8, 4) is 0 Å². The minimum absolute atomic E-state index is 0.359. The average molecular weight is 237 g/mol. The predicted molar refractivity (Wildman–Crippen MR) is 63.4 cm³/mol. The molecule has 2 unspecified atom stereocenters. The van der Waals surface area contributed by atoms with E-state index in [4.69, 9.17) is 0 Å². The second-order valence-corrected chi connectivity index (χ2v) is 4.82. The molecule has 1 aromatic rings. The molecule has 2 heterocycles. The van der Waals surface area contributed by atoms with Gasteiger partial charge in [-0.15, -0.1) is 0 Å². The average Bonchev–Trinajstić information content (AvgIpc) is 2.84. The van der Waals surface area contributed by atoms with Crippen LogP contribution in [-0.2, 0) is 4.79 Å². The molecule has 1 fully saturated rings. The van der Waals surface area contributed by atoms with Crippen LogP contribution >= 0.6 is 0 Å². The summed E-state index contributed by atoms with van der Waals surface area (Å²) in [6.45, 7) is 3.37. The quantitative estimate of drug-likeness (QED) is 0.788. The number of hydrogen-bond acceptors (Lipinski definition) is 4. The molecule has 0 aromatic carbocycles. The highest BCUT2D eigenvalue weighted by Gasteiger charge is 2.37. The first kappa shape index (κ1) is 12.3. The third-order valence-corrected chi connectivity index (χ3v) is 3.31. The van der Waals surface area contributed by atoms with E-state index in [0.717, 1.165) is 25.9 Å². The molecule has 1 N–H and O–H groups in total. The molecule has 0 radical (unpaired) electrons. The molecule has 2 rings (SSSR count). The van der Waals surface area contributed by atoms with Crippen LogP contribution in [-0.4, -0.2) is 44.5 Å². The first-order valence-electron chi connectivity index (χ1n) is 6.05. The Bertz CT molecular complexity index is 356. The van der Waals surface area contributed by atoms with E-state index in [2.05, 4.69) is 9.88 Å². The van der Waals surface area contributed by atoms with Crippen molar-refractivity contribution in [2.24, 2.45) is 0 Å². The molecular formula is C12H19N3O2. The van der Waals surface area contributed by atoms with Gasteiger partial charge in [-0.2, -0.15) is 0 Å². The van der Waals surface area contributed by atoms with E-state index in [1.807, 2.05) is 0 Å². The number of piperidine rings is 1. The normalized spacial score (nSPS) is 22.9. The van der Waals surface area contributed by atoms with Crippen molar-refractivity contribution in [1.29, 1.82) is 0 Å². The maximum Gasteiger partial charge on any atom is 0.154 e. The molecule has 17 heavy (non-hydrogen) atoms. The van der Waals surface area contributed by atoms with Crippen molar-refractivity contribution < 1.29 is 9.90 Å². The third-order valence-electron chi connectivity index (χ3n) is 3.31. The zero-order valence-electron chi connectivity index (χ0n) is 10.1. The topological polar surface area (TPSA) is 58.4 Å². The number of aldehydes is 1. The number of carbonyl (C=O) groups excluding carboxylic acids is 1. The molecule has 1 aliphatic heterocycles. The van der Waals surface area contributed by atoms with Gasteiger partial charge in [0.15, 0.2) is 11.9 Å². The van der Waals surface area contributed by atoms with Crippen LogP contribution in [0, 0.1) is 0 Å². The lowest BCUT2D eigenvalue weighted by molar-refractivity contribution is -0.136. The van der Waals surface area contributed by atoms with Gasteiger partial charge in [0.05, 0.1) is 6.33 Å². The number of likely N-dealkylation sites (tertiary alicyclic amines) is 1. The first-order chi connectivity index (χ1) is 8.15. The summed E-state index contributed by atoms with van der Waals surface area (Å²) in [4.78, 5) is 17.2. The van der Waals surface area contributed by atoms with Gasteiger partial charge >= 0.3 is 0 Å². The van der Waals surface area contributed by atoms with E-state index >= 15 is 0 Å². The molecule has 0 aliphatic carbocycles. The summed E-state index contributed by atoms with van der Waals surface area (Å²) in [6.07, 6.45) is 8.80. The van der Waals surface area contributed by atoms with Crippen LogP contribution < -0.4 is 0 Å². The van der Waals surface area contributed by atoms with Gasteiger partial charge in [0.2, 0.25) is 0 Å². The monoisotopic (exact) mass is 237 g/mol. The Morgan fingerprint density at radius 3 is 2.65 bits per heavy atom. The number of nitrogens with zero attached hydrogens (tertiary/aromatic N) is 3. The molecule has 0 spiro atoms. The maximum absolute atomic E-state index is 11.1. The molecule has 1 saturated heterocycles. The summed E-state index contributed by atoms with van der Waals surface area (Å²) in [5.41, 5.74) is -1.39. The lowest BCUT2D eigenvalue weighted by Gasteiger charge is -2.40. The minimum atomic E-state index is -1.39. The number of rotatable bonds is 4. The smallest absolute Gasteiger partial charge is 0.154 e. The van der Waals surface area contributed by atoms with Gasteiger partial charge in [-0.05, 0) is 19.8 Å². The summed E-state index contributed by atoms with van der Waals surface area (Å²) >= 11 is 0. The van der Waals surface area contributed by atoms with Crippen molar-refractivity contribution in [2.45, 2.75) is 38.0 Å². The van der Waals surface area contributed by atoms with Crippen LogP contribution in [0.25, 0.3) is 0 Å². The van der Waals surface area contributed by atoms with Crippen LogP contribution in [0.15, 0.2) is 18.7 Å². The van der Waals surface area contributed by atoms with Crippen LogP contribution in [0.4, 0.5) is 0 Å². The van der Waals surface area contributed by atoms with Crippen molar-refractivity contribution in [3.63, 3.8) is 0 Å². The lowest BCUT2D eigenvalue weighted by atomic mass is 10.0. The Morgan fingerprint density at radius 1 is 1.41 bits per heavy atom. The fraction of sp³-hybridized carbons (Fsp3) is 0.667. The van der Waals surface area contributed by atoms with E-state index in [1.165, 1.54) is 6.42 Å². The Morgan fingerprint density at radius 2 is 2.12 bits per heavy atom. The number of aliphatic hydroxyl groups is 1. The van der Waals surface area contributed by atoms with Crippen molar-refractivity contribution in [3.05, 3.63) is 18.7 Å². The van der Waals surface area contributed by atoms with Gasteiger partial charge in [-0.3, -0.25) is 4.90 Å². The lowest BCUT2D eigenvalue weighted by Crippen LogP contribution is -2.49. The molecule has 2 atom stereocenters. The van der Waals surface area contributed by atoms with Crippen molar-refractivity contribution in [1.82, 2.24) is 14.5 Å². The molecule has 1 aliphatic rings. The van der Waals surface area contributed by atoms with Crippen molar-refractivity contribution in [2.75, 3.05) is 13.1 Å². The summed E-state index contributed by atoms with van der Waals surface area (Å²) in [7, 11) is 0. The van der Waals surface area contributed by atoms with Gasteiger partial charge in [0.1, 0.15) is 6.17 Å². The zero-order chi connectivity index (χ0) is 12.3. The molecule has 1 aromatic heterocycles. The highest BCUT2D eigenvalue weighted by molar-refractivity contribution is 5.62. The number of carbonyl (C=O) groups is 1. The van der Waals surface area contributed by atoms with Crippen LogP contribution in [0.1, 0.15) is 32.4 Å². The Balaban J connectivity index is 2.26. The van der Waals surface area contributed by atoms with Crippen molar-refractivity contribution >= 4 is 6.29 Å². The zero-order valence-corrected chi connectivity index (χ0v) is 10.1. The fourth-order valence-corrected chi connectivity index (χ4v) is 2.50. The highest BCUT2D eigenvalue weighted by Crippen LogP contribution is 2.28. The standard InChI is InChI=1S/C12H19N3O2/c1-12(17,9-16)11(15-8-5-13-10-15)14-6-3-2-4-7-14/h5,8-11,17H,2-4,6-7H2,1H3. The van der Waals surface area contributed by atoms with E-state index < -0.39 is 5.60 Å². The van der Waals surface area contributed by atoms with Gasteiger partial charge in [0.25, 0.3) is 0 Å². The van der Waals surface area contributed by atoms with Crippen LogP contribution in [0.5, 0.6) is 0 Å². The molecular weight excluding hydrogens is 218 g/mol. The molecule has 0 saturated carbocycles. The minimum Gasteiger partial charge on any atom is -0.379 e. The summed E-state index contributed by atoms with van der Waals surface area (Å²) in [6, 6.07) is 0. The number of aromatic nitrogens is 2. The Kier molecular flexibility index (Phi) is 3.59. The Labute approximate surface area is 101 Å². The van der Waals surface area contributed by atoms with Gasteiger partial charge in [-0.25, -0.2) is 4.98 Å². The first-order valence-corrected chi connectivity index (χ1v) is 6.05. The van der Waals surface area contributed by atoms with Gasteiger partial charge < -0.3 is 14.5 Å². The molecule has 5 heteroatoms. The fourth-order valence-electron chi connectivity index (χ4n) is 2.50. The molecule has 5 nitrogen and oxygen atoms in total. The molecule has 94 valence electrons. The Hall–Kier alpha value is -1.20. The van der Waals surface area contributed by atoms with E-state index in [1.54, 1.807) is 30.2 Å². The molecule has 0 bridgehead atoms. The van der Waals surface area contributed by atoms with Gasteiger partial charge in [-0.1, -0.05) is 6.42 Å². The largest absolute Gasteiger partial charge is 0.379 e. The highest BCUT2D eigenvalue weighted by atomic mass is 16.3. The predicted octanol–water partition coefficient (Wildman–Crippen LogP) is 0.817.